The van der Waals surface area contributed by atoms with Crippen LogP contribution in [0.1, 0.15) is 72.9 Å². The molecule has 1 saturated heterocycles. The lowest BCUT2D eigenvalue weighted by molar-refractivity contribution is -0.154. The Morgan fingerprint density at radius 2 is 1.93 bits per heavy atom. The second kappa shape index (κ2) is 8.21. The Balaban J connectivity index is 1.59. The molecule has 1 aromatic heterocycles. The molecular weight excluding hydrogens is 438 g/mol. The first-order valence-electron chi connectivity index (χ1n) is 9.34. The van der Waals surface area contributed by atoms with E-state index in [2.05, 4.69) is 9.27 Å². The zero-order valence-corrected chi connectivity index (χ0v) is 18.4. The van der Waals surface area contributed by atoms with Crippen LogP contribution >= 0.6 is 11.3 Å². The number of carbonyl (C=O) groups is 3. The topological polar surface area (TPSA) is 143 Å². The van der Waals surface area contributed by atoms with Gasteiger partial charge in [0.1, 0.15) is 11.6 Å². The highest BCUT2D eigenvalue weighted by molar-refractivity contribution is 7.80. The number of carbonyl (C=O) groups excluding carboxylic acids is 3. The van der Waals surface area contributed by atoms with Crippen molar-refractivity contribution in [3.8, 4) is 0 Å². The average Bonchev–Trinajstić information content (AvgIpc) is 3.12. The van der Waals surface area contributed by atoms with Crippen LogP contribution in [0.4, 0.5) is 4.79 Å². The molecule has 13 heteroatoms. The Kier molecular flexibility index (Phi) is 6.18. The van der Waals surface area contributed by atoms with Crippen molar-refractivity contribution in [2.24, 2.45) is 0 Å². The number of thiazole rings is 1. The first-order chi connectivity index (χ1) is 13.8. The van der Waals surface area contributed by atoms with Gasteiger partial charge in [-0.05, 0) is 33.6 Å². The van der Waals surface area contributed by atoms with Gasteiger partial charge in [0.15, 0.2) is 10.8 Å². The van der Waals surface area contributed by atoms with E-state index in [0.717, 1.165) is 11.3 Å². The van der Waals surface area contributed by atoms with Crippen LogP contribution in [0.15, 0.2) is 0 Å². The second-order valence-electron chi connectivity index (χ2n) is 8.05. The Morgan fingerprint density at radius 3 is 2.57 bits per heavy atom. The molecule has 1 N–H and O–H groups in total. The summed E-state index contributed by atoms with van der Waals surface area (Å²) < 4.78 is 40.6. The van der Waals surface area contributed by atoms with Gasteiger partial charge in [-0.25, -0.2) is 9.78 Å². The summed E-state index contributed by atoms with van der Waals surface area (Å²) in [6.45, 7) is 5.66. The molecule has 0 radical (unpaired) electrons. The smallest absolute Gasteiger partial charge is 0.418 e. The molecule has 3 rings (SSSR count). The predicted molar refractivity (Wildman–Crippen MR) is 104 cm³/mol. The monoisotopic (exact) mass is 461 g/mol. The van der Waals surface area contributed by atoms with Gasteiger partial charge in [0.25, 0.3) is 0 Å². The number of ketones is 1. The van der Waals surface area contributed by atoms with Crippen molar-refractivity contribution in [1.82, 2.24) is 14.9 Å². The summed E-state index contributed by atoms with van der Waals surface area (Å²) >= 11 is 1.08. The van der Waals surface area contributed by atoms with Gasteiger partial charge in [-0.1, -0.05) is 0 Å². The molecule has 2 aliphatic heterocycles. The maximum absolute atomic E-state index is 12.5. The van der Waals surface area contributed by atoms with E-state index < -0.39 is 28.1 Å². The third-order valence-electron chi connectivity index (χ3n) is 4.37. The second-order valence-corrected chi connectivity index (χ2v) is 10.1. The fourth-order valence-electron chi connectivity index (χ4n) is 3.23. The minimum atomic E-state index is -4.87. The van der Waals surface area contributed by atoms with Crippen molar-refractivity contribution >= 4 is 39.5 Å². The number of amides is 2. The molecule has 2 bridgehead atoms. The molecule has 1 fully saturated rings. The summed E-state index contributed by atoms with van der Waals surface area (Å²) in [5, 5.41) is 0.847. The molecule has 166 valence electrons. The van der Waals surface area contributed by atoms with Gasteiger partial charge in [-0.3, -0.25) is 14.1 Å². The van der Waals surface area contributed by atoms with Gasteiger partial charge in [0, 0.05) is 12.8 Å². The third-order valence-corrected chi connectivity index (χ3v) is 5.96. The quantitative estimate of drug-likeness (QED) is 0.267. The molecule has 1 unspecified atom stereocenters. The number of rotatable bonds is 8. The van der Waals surface area contributed by atoms with E-state index in [1.54, 1.807) is 20.8 Å². The molecule has 1 aromatic rings. The summed E-state index contributed by atoms with van der Waals surface area (Å²) in [6, 6.07) is -1.47. The SMILES string of the molecule is CC(C)(C)OC(=O)CCCCC(=O)c1nc2c(s1)C1CN(C2)C(=O)N1OS(=O)(=O)O. The number of unbranched alkanes of at least 4 members (excludes halogenated alkanes) is 1. The Bertz CT molecular complexity index is 966. The summed E-state index contributed by atoms with van der Waals surface area (Å²) in [7, 11) is -4.87. The van der Waals surface area contributed by atoms with Crippen molar-refractivity contribution in [2.75, 3.05) is 6.54 Å². The van der Waals surface area contributed by atoms with Crippen LogP contribution in [-0.4, -0.2) is 57.8 Å². The van der Waals surface area contributed by atoms with Gasteiger partial charge in [0.2, 0.25) is 0 Å². The lowest BCUT2D eigenvalue weighted by atomic mass is 10.1. The molecule has 0 aliphatic carbocycles. The van der Waals surface area contributed by atoms with E-state index in [-0.39, 0.29) is 42.7 Å². The molecule has 0 saturated carbocycles. The fourth-order valence-corrected chi connectivity index (χ4v) is 4.72. The molecule has 1 atom stereocenters. The van der Waals surface area contributed by atoms with Gasteiger partial charge >= 0.3 is 22.4 Å². The van der Waals surface area contributed by atoms with Crippen molar-refractivity contribution in [3.63, 3.8) is 0 Å². The van der Waals surface area contributed by atoms with Crippen LogP contribution < -0.4 is 0 Å². The number of hydrogen-bond donors (Lipinski definition) is 1. The van der Waals surface area contributed by atoms with Crippen LogP contribution in [0.5, 0.6) is 0 Å². The Morgan fingerprint density at radius 1 is 1.27 bits per heavy atom. The summed E-state index contributed by atoms with van der Waals surface area (Å²) in [5.41, 5.74) is -0.0421. The molecule has 0 aromatic carbocycles. The number of ether oxygens (including phenoxy) is 1. The number of fused-ring (bicyclic) bond motifs is 4. The number of aromatic nitrogens is 1. The van der Waals surface area contributed by atoms with Crippen LogP contribution in [0.2, 0.25) is 0 Å². The number of hydrogen-bond acceptors (Lipinski definition) is 9. The molecular formula is C17H23N3O8S2. The standard InChI is InChI=1S/C17H23N3O8S2/c1-17(2,3)27-13(22)7-5-4-6-12(21)15-18-10-8-19-9-11(14(10)29-15)20(16(19)23)28-30(24,25)26/h11H,4-9H2,1-3H3,(H,24,25,26). The molecule has 11 nitrogen and oxygen atoms in total. The minimum Gasteiger partial charge on any atom is -0.460 e. The average molecular weight is 462 g/mol. The fraction of sp³-hybridized carbons (Fsp3) is 0.647. The van der Waals surface area contributed by atoms with Crippen molar-refractivity contribution < 1.29 is 36.4 Å². The molecule has 2 amide bonds. The Hall–Kier alpha value is -2.09. The first-order valence-corrected chi connectivity index (χ1v) is 11.5. The van der Waals surface area contributed by atoms with Crippen molar-refractivity contribution in [3.05, 3.63) is 15.6 Å². The number of urea groups is 1. The normalized spacial score (nSPS) is 18.5. The van der Waals surface area contributed by atoms with E-state index in [1.165, 1.54) is 4.90 Å². The van der Waals surface area contributed by atoms with E-state index in [9.17, 15) is 22.8 Å². The van der Waals surface area contributed by atoms with Gasteiger partial charge in [-0.15, -0.1) is 15.6 Å². The number of esters is 1. The summed E-state index contributed by atoms with van der Waals surface area (Å²) in [5.74, 6) is -0.508. The van der Waals surface area contributed by atoms with E-state index in [1.807, 2.05) is 0 Å². The lowest BCUT2D eigenvalue weighted by Crippen LogP contribution is -2.32. The first kappa shape index (κ1) is 22.6. The van der Waals surface area contributed by atoms with Crippen LogP contribution in [0.3, 0.4) is 0 Å². The maximum atomic E-state index is 12.5. The highest BCUT2D eigenvalue weighted by Crippen LogP contribution is 2.41. The van der Waals surface area contributed by atoms with E-state index >= 15 is 0 Å². The van der Waals surface area contributed by atoms with Gasteiger partial charge in [0.05, 0.1) is 23.7 Å². The van der Waals surface area contributed by atoms with E-state index in [4.69, 9.17) is 9.29 Å². The number of Topliss-reactive ketones (excluding diaryl/α,β-unsaturated/α-hetero) is 1. The Labute approximate surface area is 177 Å². The van der Waals surface area contributed by atoms with E-state index in [0.29, 0.717) is 28.5 Å². The van der Waals surface area contributed by atoms with Crippen molar-refractivity contribution in [1.29, 1.82) is 0 Å². The molecule has 3 heterocycles. The van der Waals surface area contributed by atoms with Crippen LogP contribution in [0.25, 0.3) is 0 Å². The molecule has 0 spiro atoms. The number of nitrogens with zero attached hydrogens (tertiary/aromatic N) is 3. The molecule has 2 aliphatic rings. The predicted octanol–water partition coefficient (Wildman–Crippen LogP) is 2.25. The van der Waals surface area contributed by atoms with Crippen LogP contribution in [0, 0.1) is 0 Å². The van der Waals surface area contributed by atoms with Gasteiger partial charge < -0.3 is 9.64 Å². The summed E-state index contributed by atoms with van der Waals surface area (Å²) in [6.07, 6.45) is 1.43. The van der Waals surface area contributed by atoms with Gasteiger partial charge in [-0.2, -0.15) is 13.5 Å². The van der Waals surface area contributed by atoms with Crippen molar-refractivity contribution in [2.45, 2.75) is 64.6 Å². The lowest BCUT2D eigenvalue weighted by Gasteiger charge is -2.20. The molecule has 30 heavy (non-hydrogen) atoms. The highest BCUT2D eigenvalue weighted by atomic mass is 32.3. The largest absolute Gasteiger partial charge is 0.460 e. The number of hydroxylamine groups is 2. The minimum absolute atomic E-state index is 0.123. The zero-order valence-electron chi connectivity index (χ0n) is 16.8. The maximum Gasteiger partial charge on any atom is 0.418 e. The summed E-state index contributed by atoms with van der Waals surface area (Å²) in [4.78, 5) is 42.6. The highest BCUT2D eigenvalue weighted by Gasteiger charge is 2.47. The van der Waals surface area contributed by atoms with Crippen LogP contribution in [-0.2, 0) is 30.8 Å². The zero-order chi connectivity index (χ0) is 22.3. The third kappa shape index (κ3) is 5.33.